The molecule has 0 radical (unpaired) electrons. The van der Waals surface area contributed by atoms with Gasteiger partial charge in [0.15, 0.2) is 0 Å². The van der Waals surface area contributed by atoms with Gasteiger partial charge in [0.2, 0.25) is 0 Å². The standard InChI is InChI=1S/C17H22Si/c1-18(2,3)13-12-15-8-7-11-17(14-15)16-9-5-4-6-10-16/h4-6,8-10,17H,7,11,14H2,1-3H3. The lowest BCUT2D eigenvalue weighted by Gasteiger charge is -2.21. The zero-order chi connectivity index (χ0) is 13.0. The minimum Gasteiger partial charge on any atom is -0.127 e. The van der Waals surface area contributed by atoms with Gasteiger partial charge in [-0.1, -0.05) is 62.0 Å². The Bertz CT molecular complexity index is 480. The maximum absolute atomic E-state index is 3.48. The van der Waals surface area contributed by atoms with Crippen molar-refractivity contribution in [3.63, 3.8) is 0 Å². The zero-order valence-corrected chi connectivity index (χ0v) is 12.7. The van der Waals surface area contributed by atoms with E-state index >= 15 is 0 Å². The van der Waals surface area contributed by atoms with Gasteiger partial charge in [0.25, 0.3) is 0 Å². The minimum absolute atomic E-state index is 0.669. The van der Waals surface area contributed by atoms with Gasteiger partial charge in [-0.2, -0.15) is 0 Å². The van der Waals surface area contributed by atoms with Gasteiger partial charge in [-0.25, -0.2) is 0 Å². The van der Waals surface area contributed by atoms with E-state index in [1.807, 2.05) is 0 Å². The normalized spacial score (nSPS) is 19.7. The summed E-state index contributed by atoms with van der Waals surface area (Å²) in [6, 6.07) is 10.9. The summed E-state index contributed by atoms with van der Waals surface area (Å²) in [6.45, 7) is 6.91. The van der Waals surface area contributed by atoms with Gasteiger partial charge in [0.1, 0.15) is 8.07 Å². The largest absolute Gasteiger partial charge is 0.129 e. The van der Waals surface area contributed by atoms with Crippen LogP contribution in [-0.2, 0) is 0 Å². The van der Waals surface area contributed by atoms with Crippen LogP contribution in [0.5, 0.6) is 0 Å². The van der Waals surface area contributed by atoms with Gasteiger partial charge in [0, 0.05) is 0 Å². The Morgan fingerprint density at radius 3 is 2.50 bits per heavy atom. The predicted molar refractivity (Wildman–Crippen MR) is 82.2 cm³/mol. The molecule has 0 bridgehead atoms. The average molecular weight is 254 g/mol. The van der Waals surface area contributed by atoms with Crippen LogP contribution in [0, 0.1) is 11.5 Å². The molecule has 1 atom stereocenters. The van der Waals surface area contributed by atoms with Crippen LogP contribution in [0.4, 0.5) is 0 Å². The molecule has 0 heterocycles. The Kier molecular flexibility index (Phi) is 4.09. The van der Waals surface area contributed by atoms with E-state index in [0.717, 1.165) is 6.42 Å². The van der Waals surface area contributed by atoms with E-state index in [9.17, 15) is 0 Å². The molecule has 1 aromatic rings. The van der Waals surface area contributed by atoms with Crippen molar-refractivity contribution in [3.05, 3.63) is 47.5 Å². The summed E-state index contributed by atoms with van der Waals surface area (Å²) in [5.41, 5.74) is 6.31. The van der Waals surface area contributed by atoms with Crippen molar-refractivity contribution in [1.29, 1.82) is 0 Å². The molecule has 0 saturated heterocycles. The fourth-order valence-corrected chi connectivity index (χ4v) is 2.82. The molecule has 0 aliphatic heterocycles. The monoisotopic (exact) mass is 254 g/mol. The Hall–Kier alpha value is -1.26. The number of benzene rings is 1. The Morgan fingerprint density at radius 1 is 1.11 bits per heavy atom. The summed E-state index contributed by atoms with van der Waals surface area (Å²) in [6.07, 6.45) is 5.91. The molecule has 0 spiro atoms. The van der Waals surface area contributed by atoms with Crippen molar-refractivity contribution >= 4 is 8.07 Å². The van der Waals surface area contributed by atoms with Crippen LogP contribution >= 0.6 is 0 Å². The molecule has 0 fully saturated rings. The zero-order valence-electron chi connectivity index (χ0n) is 11.7. The Morgan fingerprint density at radius 2 is 1.83 bits per heavy atom. The van der Waals surface area contributed by atoms with Gasteiger partial charge < -0.3 is 0 Å². The van der Waals surface area contributed by atoms with Gasteiger partial charge >= 0.3 is 0 Å². The molecule has 1 heteroatoms. The van der Waals surface area contributed by atoms with Crippen molar-refractivity contribution < 1.29 is 0 Å². The SMILES string of the molecule is C[Si](C)(C)C#CC1=CCCC(c2ccccc2)C1. The minimum atomic E-state index is -1.24. The molecule has 1 aromatic carbocycles. The molecule has 94 valence electrons. The van der Waals surface area contributed by atoms with Gasteiger partial charge in [-0.05, 0) is 36.3 Å². The van der Waals surface area contributed by atoms with Crippen LogP contribution in [0.2, 0.25) is 19.6 Å². The van der Waals surface area contributed by atoms with E-state index in [-0.39, 0.29) is 0 Å². The molecule has 0 nitrogen and oxygen atoms in total. The summed E-state index contributed by atoms with van der Waals surface area (Å²) in [5.74, 6) is 4.10. The summed E-state index contributed by atoms with van der Waals surface area (Å²) in [7, 11) is -1.24. The first kappa shape index (κ1) is 13.2. The first-order valence-electron chi connectivity index (χ1n) is 6.82. The highest BCUT2D eigenvalue weighted by Gasteiger charge is 2.16. The summed E-state index contributed by atoms with van der Waals surface area (Å²) < 4.78 is 0. The molecule has 2 rings (SSSR count). The van der Waals surface area contributed by atoms with Crippen LogP contribution in [0.25, 0.3) is 0 Å². The molecular weight excluding hydrogens is 232 g/mol. The molecule has 0 saturated carbocycles. The Balaban J connectivity index is 2.09. The molecule has 0 aromatic heterocycles. The summed E-state index contributed by atoms with van der Waals surface area (Å²) >= 11 is 0. The van der Waals surface area contributed by atoms with Crippen LogP contribution in [0.1, 0.15) is 30.7 Å². The molecule has 0 N–H and O–H groups in total. The molecule has 1 unspecified atom stereocenters. The first-order valence-corrected chi connectivity index (χ1v) is 10.3. The van der Waals surface area contributed by atoms with Gasteiger partial charge in [-0.3, -0.25) is 0 Å². The van der Waals surface area contributed by atoms with Crippen molar-refractivity contribution in [3.8, 4) is 11.5 Å². The second kappa shape index (κ2) is 5.59. The smallest absolute Gasteiger partial charge is 0.127 e. The quantitative estimate of drug-likeness (QED) is 0.500. The molecule has 0 amide bonds. The van der Waals surface area contributed by atoms with Crippen molar-refractivity contribution in [2.45, 2.75) is 44.8 Å². The summed E-state index contributed by atoms with van der Waals surface area (Å²) in [4.78, 5) is 0. The highest BCUT2D eigenvalue weighted by Crippen LogP contribution is 2.32. The molecular formula is C17H22Si. The topological polar surface area (TPSA) is 0 Å². The third-order valence-corrected chi connectivity index (χ3v) is 4.12. The summed E-state index contributed by atoms with van der Waals surface area (Å²) in [5, 5.41) is 0. The second-order valence-corrected chi connectivity index (χ2v) is 10.9. The molecule has 18 heavy (non-hydrogen) atoms. The van der Waals surface area contributed by atoms with E-state index in [1.54, 1.807) is 0 Å². The van der Waals surface area contributed by atoms with E-state index in [0.29, 0.717) is 5.92 Å². The van der Waals surface area contributed by atoms with E-state index < -0.39 is 8.07 Å². The lowest BCUT2D eigenvalue weighted by molar-refractivity contribution is 0.605. The number of hydrogen-bond acceptors (Lipinski definition) is 0. The lowest BCUT2D eigenvalue weighted by atomic mass is 9.84. The van der Waals surface area contributed by atoms with E-state index in [1.165, 1.54) is 24.0 Å². The van der Waals surface area contributed by atoms with E-state index in [4.69, 9.17) is 0 Å². The molecule has 1 aliphatic rings. The fourth-order valence-electron chi connectivity index (χ4n) is 2.29. The van der Waals surface area contributed by atoms with Crippen LogP contribution < -0.4 is 0 Å². The van der Waals surface area contributed by atoms with Crippen molar-refractivity contribution in [2.24, 2.45) is 0 Å². The van der Waals surface area contributed by atoms with Crippen LogP contribution in [0.3, 0.4) is 0 Å². The number of rotatable bonds is 1. The van der Waals surface area contributed by atoms with Crippen LogP contribution in [-0.4, -0.2) is 8.07 Å². The predicted octanol–water partition coefficient (Wildman–Crippen LogP) is 4.76. The van der Waals surface area contributed by atoms with E-state index in [2.05, 4.69) is 67.5 Å². The van der Waals surface area contributed by atoms with Crippen LogP contribution in [0.15, 0.2) is 42.0 Å². The maximum Gasteiger partial charge on any atom is 0.129 e. The highest BCUT2D eigenvalue weighted by atomic mass is 28.3. The van der Waals surface area contributed by atoms with Crippen molar-refractivity contribution in [1.82, 2.24) is 0 Å². The van der Waals surface area contributed by atoms with Gasteiger partial charge in [0.05, 0.1) is 0 Å². The number of allylic oxidation sites excluding steroid dienone is 2. The fraction of sp³-hybridized carbons (Fsp3) is 0.412. The highest BCUT2D eigenvalue weighted by molar-refractivity contribution is 6.83. The number of hydrogen-bond donors (Lipinski definition) is 0. The molecule has 1 aliphatic carbocycles. The first-order chi connectivity index (χ1) is 8.54. The van der Waals surface area contributed by atoms with Gasteiger partial charge in [-0.15, -0.1) is 5.54 Å². The maximum atomic E-state index is 3.48. The second-order valence-electron chi connectivity index (χ2n) is 6.12. The lowest BCUT2D eigenvalue weighted by Crippen LogP contribution is -2.16. The van der Waals surface area contributed by atoms with Crippen molar-refractivity contribution in [2.75, 3.05) is 0 Å². The third kappa shape index (κ3) is 3.89. The average Bonchev–Trinajstić information content (AvgIpc) is 2.37. The third-order valence-electron chi connectivity index (χ3n) is 3.24. The Labute approximate surface area is 112 Å².